The summed E-state index contributed by atoms with van der Waals surface area (Å²) >= 11 is 0. The highest BCUT2D eigenvalue weighted by atomic mass is 16.5. The Morgan fingerprint density at radius 1 is 1.12 bits per heavy atom. The molecule has 90 valence electrons. The monoisotopic (exact) mass is 222 g/mol. The molecule has 0 aliphatic heterocycles. The summed E-state index contributed by atoms with van der Waals surface area (Å²) in [5.74, 6) is 0.972. The quantitative estimate of drug-likeness (QED) is 0.718. The highest BCUT2D eigenvalue weighted by Crippen LogP contribution is 2.22. The molecule has 0 saturated heterocycles. The highest BCUT2D eigenvalue weighted by Gasteiger charge is 2.05. The van der Waals surface area contributed by atoms with Crippen LogP contribution < -0.4 is 15.4 Å². The molecule has 1 aromatic carbocycles. The third kappa shape index (κ3) is 3.51. The minimum Gasteiger partial charge on any atom is -0.496 e. The molecule has 0 bridgehead atoms. The Kier molecular flexibility index (Phi) is 5.29. The average Bonchev–Trinajstić information content (AvgIpc) is 2.28. The number of benzene rings is 1. The number of methoxy groups -OCH3 is 1. The summed E-state index contributed by atoms with van der Waals surface area (Å²) in [6, 6.07) is 4.30. The number of rotatable bonds is 6. The van der Waals surface area contributed by atoms with E-state index in [-0.39, 0.29) is 0 Å². The van der Waals surface area contributed by atoms with E-state index < -0.39 is 0 Å². The molecule has 0 saturated carbocycles. The first-order valence-corrected chi connectivity index (χ1v) is 5.68. The number of nitrogens with one attached hydrogen (secondary N) is 2. The fourth-order valence-electron chi connectivity index (χ4n) is 1.61. The Labute approximate surface area is 98.2 Å². The van der Waals surface area contributed by atoms with Crippen molar-refractivity contribution in [3.63, 3.8) is 0 Å². The normalized spacial score (nSPS) is 10.5. The molecule has 2 N–H and O–H groups in total. The van der Waals surface area contributed by atoms with Gasteiger partial charge in [-0.15, -0.1) is 0 Å². The Balaban J connectivity index is 2.66. The van der Waals surface area contributed by atoms with Crippen LogP contribution in [0.25, 0.3) is 0 Å². The van der Waals surface area contributed by atoms with E-state index in [4.69, 9.17) is 4.74 Å². The third-order valence-electron chi connectivity index (χ3n) is 2.76. The maximum atomic E-state index is 5.38. The number of aryl methyl sites for hydroxylation is 2. The molecule has 0 radical (unpaired) electrons. The summed E-state index contributed by atoms with van der Waals surface area (Å²) in [6.45, 7) is 7.04. The minimum atomic E-state index is 0.853. The highest BCUT2D eigenvalue weighted by molar-refractivity contribution is 5.41. The van der Waals surface area contributed by atoms with E-state index in [0.717, 1.165) is 25.4 Å². The second-order valence-electron chi connectivity index (χ2n) is 4.03. The molecule has 0 amide bonds. The Hall–Kier alpha value is -1.06. The van der Waals surface area contributed by atoms with Gasteiger partial charge in [0.05, 0.1) is 7.11 Å². The second kappa shape index (κ2) is 6.51. The Bertz CT molecular complexity index is 337. The van der Waals surface area contributed by atoms with Gasteiger partial charge in [0.1, 0.15) is 5.75 Å². The van der Waals surface area contributed by atoms with E-state index in [2.05, 4.69) is 36.6 Å². The maximum Gasteiger partial charge on any atom is 0.123 e. The van der Waals surface area contributed by atoms with E-state index in [1.807, 2.05) is 7.05 Å². The van der Waals surface area contributed by atoms with Gasteiger partial charge in [0.25, 0.3) is 0 Å². The van der Waals surface area contributed by atoms with Gasteiger partial charge >= 0.3 is 0 Å². The van der Waals surface area contributed by atoms with Crippen LogP contribution in [0.4, 0.5) is 0 Å². The van der Waals surface area contributed by atoms with Crippen molar-refractivity contribution in [3.05, 3.63) is 28.8 Å². The molecule has 3 nitrogen and oxygen atoms in total. The van der Waals surface area contributed by atoms with Crippen LogP contribution in [0.1, 0.15) is 16.7 Å². The van der Waals surface area contributed by atoms with Gasteiger partial charge in [-0.3, -0.25) is 0 Å². The second-order valence-corrected chi connectivity index (χ2v) is 4.03. The van der Waals surface area contributed by atoms with Crippen LogP contribution in [0.2, 0.25) is 0 Å². The van der Waals surface area contributed by atoms with Gasteiger partial charge in [-0.1, -0.05) is 6.07 Å². The molecule has 0 unspecified atom stereocenters. The number of likely N-dealkylation sites (N-methyl/N-ethyl adjacent to an activating group) is 1. The predicted octanol–water partition coefficient (Wildman–Crippen LogP) is 1.62. The van der Waals surface area contributed by atoms with Crippen LogP contribution in [0.3, 0.4) is 0 Å². The summed E-state index contributed by atoms with van der Waals surface area (Å²) in [4.78, 5) is 0. The zero-order chi connectivity index (χ0) is 12.0. The lowest BCUT2D eigenvalue weighted by Gasteiger charge is -2.12. The molecule has 1 aromatic rings. The molecular formula is C13H22N2O. The van der Waals surface area contributed by atoms with Crippen molar-refractivity contribution in [2.24, 2.45) is 0 Å². The SMILES string of the molecule is CNCCNCc1cc(C)c(C)cc1OC. The van der Waals surface area contributed by atoms with Crippen molar-refractivity contribution in [2.75, 3.05) is 27.2 Å². The van der Waals surface area contributed by atoms with Crippen molar-refractivity contribution >= 4 is 0 Å². The van der Waals surface area contributed by atoms with Crippen LogP contribution in [-0.4, -0.2) is 27.2 Å². The van der Waals surface area contributed by atoms with Gasteiger partial charge in [-0.2, -0.15) is 0 Å². The van der Waals surface area contributed by atoms with Crippen molar-refractivity contribution in [3.8, 4) is 5.75 Å². The maximum absolute atomic E-state index is 5.38. The smallest absolute Gasteiger partial charge is 0.123 e. The first kappa shape index (κ1) is 13.0. The van der Waals surface area contributed by atoms with Gasteiger partial charge in [0, 0.05) is 25.2 Å². The topological polar surface area (TPSA) is 33.3 Å². The zero-order valence-corrected chi connectivity index (χ0v) is 10.7. The largest absolute Gasteiger partial charge is 0.496 e. The third-order valence-corrected chi connectivity index (χ3v) is 2.76. The molecule has 1 rings (SSSR count). The van der Waals surface area contributed by atoms with Crippen LogP contribution in [0.15, 0.2) is 12.1 Å². The predicted molar refractivity (Wildman–Crippen MR) is 68.1 cm³/mol. The van der Waals surface area contributed by atoms with Crippen LogP contribution in [0.5, 0.6) is 5.75 Å². The van der Waals surface area contributed by atoms with E-state index >= 15 is 0 Å². The molecule has 0 atom stereocenters. The standard InChI is InChI=1S/C13H22N2O/c1-10-7-12(9-15-6-5-14-3)13(16-4)8-11(10)2/h7-8,14-15H,5-6,9H2,1-4H3. The molecule has 0 aromatic heterocycles. The summed E-state index contributed by atoms with van der Waals surface area (Å²) in [5, 5.41) is 6.49. The lowest BCUT2D eigenvalue weighted by Crippen LogP contribution is -2.24. The van der Waals surface area contributed by atoms with E-state index in [1.54, 1.807) is 7.11 Å². The van der Waals surface area contributed by atoms with Crippen molar-refractivity contribution in [1.29, 1.82) is 0 Å². The lowest BCUT2D eigenvalue weighted by molar-refractivity contribution is 0.407. The van der Waals surface area contributed by atoms with Crippen LogP contribution >= 0.6 is 0 Å². The van der Waals surface area contributed by atoms with Gasteiger partial charge in [-0.25, -0.2) is 0 Å². The minimum absolute atomic E-state index is 0.853. The lowest BCUT2D eigenvalue weighted by atomic mass is 10.0. The van der Waals surface area contributed by atoms with Gasteiger partial charge in [-0.05, 0) is 38.1 Å². The summed E-state index contributed by atoms with van der Waals surface area (Å²) in [7, 11) is 3.68. The Morgan fingerprint density at radius 2 is 1.81 bits per heavy atom. The number of hydrogen-bond donors (Lipinski definition) is 2. The fourth-order valence-corrected chi connectivity index (χ4v) is 1.61. The van der Waals surface area contributed by atoms with Crippen molar-refractivity contribution in [2.45, 2.75) is 20.4 Å². The van der Waals surface area contributed by atoms with Gasteiger partial charge in [0.2, 0.25) is 0 Å². The summed E-state index contributed by atoms with van der Waals surface area (Å²) < 4.78 is 5.38. The summed E-state index contributed by atoms with van der Waals surface area (Å²) in [6.07, 6.45) is 0. The number of ether oxygens (including phenoxy) is 1. The first-order valence-electron chi connectivity index (χ1n) is 5.68. The Morgan fingerprint density at radius 3 is 2.44 bits per heavy atom. The van der Waals surface area contributed by atoms with E-state index in [0.29, 0.717) is 0 Å². The molecule has 0 fully saturated rings. The van der Waals surface area contributed by atoms with Gasteiger partial charge < -0.3 is 15.4 Å². The summed E-state index contributed by atoms with van der Waals surface area (Å²) in [5.41, 5.74) is 3.81. The molecule has 0 aliphatic carbocycles. The van der Waals surface area contributed by atoms with Crippen molar-refractivity contribution < 1.29 is 4.74 Å². The molecule has 3 heteroatoms. The fraction of sp³-hybridized carbons (Fsp3) is 0.538. The average molecular weight is 222 g/mol. The van der Waals surface area contributed by atoms with E-state index in [1.165, 1.54) is 16.7 Å². The molecule has 0 aliphatic rings. The van der Waals surface area contributed by atoms with Gasteiger partial charge in [0.15, 0.2) is 0 Å². The molecule has 0 spiro atoms. The molecule has 0 heterocycles. The molecule has 16 heavy (non-hydrogen) atoms. The van der Waals surface area contributed by atoms with Crippen LogP contribution in [0, 0.1) is 13.8 Å². The number of hydrogen-bond acceptors (Lipinski definition) is 3. The van der Waals surface area contributed by atoms with E-state index in [9.17, 15) is 0 Å². The van der Waals surface area contributed by atoms with Crippen LogP contribution in [-0.2, 0) is 6.54 Å². The molecular weight excluding hydrogens is 200 g/mol. The first-order chi connectivity index (χ1) is 7.69. The van der Waals surface area contributed by atoms with Crippen molar-refractivity contribution in [1.82, 2.24) is 10.6 Å². The zero-order valence-electron chi connectivity index (χ0n) is 10.7.